The van der Waals surface area contributed by atoms with E-state index in [0.717, 1.165) is 16.5 Å². The standard InChI is InChI=1S/C32H28ClN3O3/c1-31(2,38)15-14-21-6-5-7-22(16-21)26-18-30(37)36(4)28-13-10-24(17-27(26)28)32(39,29-19-34-20-35(29)3)23-8-11-25(33)12-9-23/h5-13,16-20,38-39H,1-4H3. The van der Waals surface area contributed by atoms with Crippen LogP contribution in [0.5, 0.6) is 0 Å². The number of rotatable bonds is 4. The van der Waals surface area contributed by atoms with Gasteiger partial charge in [0.05, 0.1) is 23.7 Å². The molecule has 0 aliphatic rings. The smallest absolute Gasteiger partial charge is 0.251 e. The van der Waals surface area contributed by atoms with Gasteiger partial charge < -0.3 is 19.3 Å². The molecule has 1 atom stereocenters. The van der Waals surface area contributed by atoms with Gasteiger partial charge in [0.15, 0.2) is 5.60 Å². The van der Waals surface area contributed by atoms with Gasteiger partial charge >= 0.3 is 0 Å². The molecule has 1 unspecified atom stereocenters. The summed E-state index contributed by atoms with van der Waals surface area (Å²) in [7, 11) is 3.56. The Morgan fingerprint density at radius 1 is 0.923 bits per heavy atom. The minimum absolute atomic E-state index is 0.155. The van der Waals surface area contributed by atoms with E-state index in [2.05, 4.69) is 16.8 Å². The maximum atomic E-state index is 13.0. The van der Waals surface area contributed by atoms with Crippen LogP contribution in [-0.2, 0) is 19.7 Å². The lowest BCUT2D eigenvalue weighted by Gasteiger charge is -2.30. The number of halogens is 1. The molecule has 0 fully saturated rings. The van der Waals surface area contributed by atoms with Crippen molar-refractivity contribution < 1.29 is 10.2 Å². The molecule has 5 rings (SSSR count). The number of nitrogens with zero attached hydrogens (tertiary/aromatic N) is 3. The molecular weight excluding hydrogens is 510 g/mol. The van der Waals surface area contributed by atoms with Crippen molar-refractivity contribution in [3.05, 3.63) is 123 Å². The summed E-state index contributed by atoms with van der Waals surface area (Å²) in [4.78, 5) is 17.2. The Morgan fingerprint density at radius 3 is 2.31 bits per heavy atom. The molecular formula is C32H28ClN3O3. The van der Waals surface area contributed by atoms with Crippen LogP contribution >= 0.6 is 11.6 Å². The minimum Gasteiger partial charge on any atom is -0.378 e. The van der Waals surface area contributed by atoms with Crippen LogP contribution in [0.4, 0.5) is 0 Å². The van der Waals surface area contributed by atoms with Crippen molar-refractivity contribution in [1.29, 1.82) is 0 Å². The second-order valence-corrected chi connectivity index (χ2v) is 10.6. The van der Waals surface area contributed by atoms with Crippen LogP contribution in [0.15, 0.2) is 90.1 Å². The molecule has 2 N–H and O–H groups in total. The highest BCUT2D eigenvalue weighted by atomic mass is 35.5. The van der Waals surface area contributed by atoms with E-state index in [1.165, 1.54) is 0 Å². The third-order valence-corrected chi connectivity index (χ3v) is 7.05. The first kappa shape index (κ1) is 26.5. The van der Waals surface area contributed by atoms with Crippen LogP contribution in [0, 0.1) is 11.8 Å². The Hall–Kier alpha value is -4.15. The molecule has 0 saturated heterocycles. The predicted molar refractivity (Wildman–Crippen MR) is 155 cm³/mol. The average Bonchev–Trinajstić information content (AvgIpc) is 3.35. The number of aryl methyl sites for hydroxylation is 2. The van der Waals surface area contributed by atoms with Gasteiger partial charge in [0, 0.05) is 36.1 Å². The largest absolute Gasteiger partial charge is 0.378 e. The summed E-state index contributed by atoms with van der Waals surface area (Å²) in [6.45, 7) is 3.26. The van der Waals surface area contributed by atoms with E-state index in [1.807, 2.05) is 49.5 Å². The summed E-state index contributed by atoms with van der Waals surface area (Å²) in [6, 6.07) is 21.8. The summed E-state index contributed by atoms with van der Waals surface area (Å²) in [6.07, 6.45) is 3.29. The third kappa shape index (κ3) is 5.00. The zero-order valence-electron chi connectivity index (χ0n) is 22.1. The molecule has 0 spiro atoms. The molecule has 0 saturated carbocycles. The summed E-state index contributed by atoms with van der Waals surface area (Å²) in [5.41, 5.74) is 1.94. The van der Waals surface area contributed by atoms with Crippen molar-refractivity contribution in [2.75, 3.05) is 0 Å². The fourth-order valence-corrected chi connectivity index (χ4v) is 4.90. The number of imidazole rings is 1. The lowest BCUT2D eigenvalue weighted by molar-refractivity contribution is 0.117. The van der Waals surface area contributed by atoms with Crippen molar-refractivity contribution >= 4 is 22.5 Å². The second-order valence-electron chi connectivity index (χ2n) is 10.2. The van der Waals surface area contributed by atoms with Crippen LogP contribution in [0.3, 0.4) is 0 Å². The van der Waals surface area contributed by atoms with Gasteiger partial charge in [-0.1, -0.05) is 53.8 Å². The van der Waals surface area contributed by atoms with E-state index in [1.54, 1.807) is 72.9 Å². The van der Waals surface area contributed by atoms with E-state index < -0.39 is 11.2 Å². The molecule has 39 heavy (non-hydrogen) atoms. The molecule has 2 heterocycles. The van der Waals surface area contributed by atoms with Gasteiger partial charge in [-0.15, -0.1) is 0 Å². The lowest BCUT2D eigenvalue weighted by Crippen LogP contribution is -2.31. The van der Waals surface area contributed by atoms with Gasteiger partial charge in [-0.3, -0.25) is 4.79 Å². The van der Waals surface area contributed by atoms with Crippen LogP contribution in [0.2, 0.25) is 5.02 Å². The zero-order valence-corrected chi connectivity index (χ0v) is 22.9. The van der Waals surface area contributed by atoms with Crippen LogP contribution in [-0.4, -0.2) is 29.9 Å². The summed E-state index contributed by atoms with van der Waals surface area (Å²) < 4.78 is 3.37. The van der Waals surface area contributed by atoms with E-state index >= 15 is 0 Å². The number of aromatic nitrogens is 3. The van der Waals surface area contributed by atoms with Crippen molar-refractivity contribution in [3.63, 3.8) is 0 Å². The molecule has 5 aromatic rings. The maximum Gasteiger partial charge on any atom is 0.251 e. The van der Waals surface area contributed by atoms with E-state index in [0.29, 0.717) is 33.0 Å². The molecule has 196 valence electrons. The number of fused-ring (bicyclic) bond motifs is 1. The number of benzene rings is 3. The number of aliphatic hydroxyl groups is 2. The van der Waals surface area contributed by atoms with Gasteiger partial charge in [-0.2, -0.15) is 0 Å². The average molecular weight is 538 g/mol. The van der Waals surface area contributed by atoms with E-state index in [4.69, 9.17) is 11.6 Å². The molecule has 7 heteroatoms. The first-order chi connectivity index (χ1) is 18.5. The SMILES string of the molecule is Cn1cncc1C(O)(c1ccc(Cl)cc1)c1ccc2c(c1)c(-c1cccc(C#CC(C)(C)O)c1)cc(=O)n2C. The molecule has 0 bridgehead atoms. The first-order valence-corrected chi connectivity index (χ1v) is 12.8. The third-order valence-electron chi connectivity index (χ3n) is 6.80. The molecule has 3 aromatic carbocycles. The maximum absolute atomic E-state index is 13.0. The van der Waals surface area contributed by atoms with Gasteiger partial charge in [-0.25, -0.2) is 4.98 Å². The Balaban J connectivity index is 1.78. The fraction of sp³-hybridized carbons (Fsp3) is 0.188. The Bertz CT molecular complexity index is 1820. The molecule has 2 aromatic heterocycles. The Labute approximate surface area is 231 Å². The molecule has 0 radical (unpaired) electrons. The Kier molecular flexibility index (Phi) is 6.69. The predicted octanol–water partition coefficient (Wildman–Crippen LogP) is 5.00. The minimum atomic E-state index is -1.55. The van der Waals surface area contributed by atoms with Crippen molar-refractivity contribution in [2.45, 2.75) is 25.0 Å². The molecule has 6 nitrogen and oxygen atoms in total. The molecule has 0 aliphatic heterocycles. The van der Waals surface area contributed by atoms with Crippen molar-refractivity contribution in [1.82, 2.24) is 14.1 Å². The monoisotopic (exact) mass is 537 g/mol. The van der Waals surface area contributed by atoms with Crippen LogP contribution in [0.1, 0.15) is 36.2 Å². The summed E-state index contributed by atoms with van der Waals surface area (Å²) in [5, 5.41) is 23.8. The fourth-order valence-electron chi connectivity index (χ4n) is 4.77. The van der Waals surface area contributed by atoms with Crippen LogP contribution in [0.25, 0.3) is 22.0 Å². The summed E-state index contributed by atoms with van der Waals surface area (Å²) in [5.74, 6) is 5.85. The van der Waals surface area contributed by atoms with Gasteiger partial charge in [-0.05, 0) is 72.5 Å². The number of pyridine rings is 1. The highest BCUT2D eigenvalue weighted by Gasteiger charge is 2.37. The quantitative estimate of drug-likeness (QED) is 0.316. The zero-order chi connectivity index (χ0) is 27.9. The van der Waals surface area contributed by atoms with E-state index in [-0.39, 0.29) is 5.56 Å². The van der Waals surface area contributed by atoms with Gasteiger partial charge in [0.1, 0.15) is 5.60 Å². The second kappa shape index (κ2) is 9.87. The van der Waals surface area contributed by atoms with Crippen molar-refractivity contribution in [2.24, 2.45) is 14.1 Å². The van der Waals surface area contributed by atoms with Gasteiger partial charge in [0.2, 0.25) is 0 Å². The number of hydrogen-bond acceptors (Lipinski definition) is 4. The lowest BCUT2D eigenvalue weighted by atomic mass is 9.82. The molecule has 0 amide bonds. The van der Waals surface area contributed by atoms with E-state index in [9.17, 15) is 15.0 Å². The highest BCUT2D eigenvalue weighted by Crippen LogP contribution is 2.39. The number of hydrogen-bond donors (Lipinski definition) is 2. The van der Waals surface area contributed by atoms with Gasteiger partial charge in [0.25, 0.3) is 5.56 Å². The van der Waals surface area contributed by atoms with Crippen molar-refractivity contribution in [3.8, 4) is 23.0 Å². The summed E-state index contributed by atoms with van der Waals surface area (Å²) >= 11 is 6.17. The Morgan fingerprint density at radius 2 is 1.64 bits per heavy atom. The highest BCUT2D eigenvalue weighted by molar-refractivity contribution is 6.30. The molecule has 0 aliphatic carbocycles. The van der Waals surface area contributed by atoms with Crippen LogP contribution < -0.4 is 5.56 Å². The normalized spacial score (nSPS) is 13.1. The first-order valence-electron chi connectivity index (χ1n) is 12.4. The topological polar surface area (TPSA) is 80.3 Å².